The number of benzene rings is 1. The Balaban J connectivity index is 1.97. The molecule has 3 nitrogen and oxygen atoms in total. The normalized spacial score (nSPS) is 27.7. The monoisotopic (exact) mass is 334 g/mol. The van der Waals surface area contributed by atoms with Crippen LogP contribution in [0.1, 0.15) is 74.6 Å². The van der Waals surface area contributed by atoms with Crippen LogP contribution in [0.3, 0.4) is 0 Å². The number of halogens is 1. The van der Waals surface area contributed by atoms with Gasteiger partial charge in [0.15, 0.2) is 0 Å². The van der Waals surface area contributed by atoms with Crippen LogP contribution in [-0.2, 0) is 4.79 Å². The molecule has 3 unspecified atom stereocenters. The molecule has 3 atom stereocenters. The highest BCUT2D eigenvalue weighted by atomic mass is 35.5. The standard InChI is InChI=1S/C19H27ClN2O/c1-4-19(21-12(3)23)17-7-11(2)18(20)10-16(17)13-8-14-5-6-15(9-13)22-14/h7,10,13-15,19,22H,4-6,8-9H2,1-3H3,(H,21,23). The van der Waals surface area contributed by atoms with Gasteiger partial charge in [-0.1, -0.05) is 24.6 Å². The topological polar surface area (TPSA) is 41.1 Å². The fourth-order valence-corrected chi connectivity index (χ4v) is 4.50. The van der Waals surface area contributed by atoms with E-state index in [1.165, 1.54) is 36.8 Å². The summed E-state index contributed by atoms with van der Waals surface area (Å²) in [6.45, 7) is 5.76. The van der Waals surface area contributed by atoms with E-state index >= 15 is 0 Å². The van der Waals surface area contributed by atoms with Crippen molar-refractivity contribution in [3.05, 3.63) is 33.8 Å². The molecule has 2 aliphatic heterocycles. The molecule has 23 heavy (non-hydrogen) atoms. The summed E-state index contributed by atoms with van der Waals surface area (Å²) in [6.07, 6.45) is 5.84. The highest BCUT2D eigenvalue weighted by Crippen LogP contribution is 2.41. The Hall–Kier alpha value is -1.06. The Kier molecular flexibility index (Phi) is 4.98. The van der Waals surface area contributed by atoms with E-state index in [4.69, 9.17) is 11.6 Å². The molecule has 2 aliphatic rings. The van der Waals surface area contributed by atoms with Gasteiger partial charge < -0.3 is 10.6 Å². The van der Waals surface area contributed by atoms with E-state index in [1.807, 2.05) is 6.92 Å². The third-order valence-electron chi connectivity index (χ3n) is 5.44. The third-order valence-corrected chi connectivity index (χ3v) is 5.85. The molecule has 0 aromatic heterocycles. The molecule has 2 heterocycles. The molecule has 2 fully saturated rings. The molecule has 2 saturated heterocycles. The van der Waals surface area contributed by atoms with Crippen molar-refractivity contribution in [1.29, 1.82) is 0 Å². The lowest BCUT2D eigenvalue weighted by atomic mass is 9.81. The predicted octanol–water partition coefficient (Wildman–Crippen LogP) is 4.23. The van der Waals surface area contributed by atoms with Crippen LogP contribution < -0.4 is 10.6 Å². The van der Waals surface area contributed by atoms with Crippen molar-refractivity contribution < 1.29 is 4.79 Å². The second-order valence-corrected chi connectivity index (χ2v) is 7.61. The summed E-state index contributed by atoms with van der Waals surface area (Å²) in [4.78, 5) is 11.6. The van der Waals surface area contributed by atoms with Crippen LogP contribution in [0, 0.1) is 6.92 Å². The number of carbonyl (C=O) groups is 1. The lowest BCUT2D eigenvalue weighted by molar-refractivity contribution is -0.119. The van der Waals surface area contributed by atoms with Crippen LogP contribution in [-0.4, -0.2) is 18.0 Å². The number of aryl methyl sites for hydroxylation is 1. The Morgan fingerprint density at radius 2 is 2.00 bits per heavy atom. The lowest BCUT2D eigenvalue weighted by Gasteiger charge is -2.32. The summed E-state index contributed by atoms with van der Waals surface area (Å²) < 4.78 is 0. The Labute approximate surface area is 144 Å². The summed E-state index contributed by atoms with van der Waals surface area (Å²) in [6, 6.07) is 5.71. The van der Waals surface area contributed by atoms with Gasteiger partial charge in [-0.3, -0.25) is 4.79 Å². The van der Waals surface area contributed by atoms with Gasteiger partial charge in [0.05, 0.1) is 6.04 Å². The Bertz CT molecular complexity index is 589. The zero-order valence-electron chi connectivity index (χ0n) is 14.3. The second kappa shape index (κ2) is 6.82. The molecule has 4 heteroatoms. The Morgan fingerprint density at radius 1 is 1.35 bits per heavy atom. The van der Waals surface area contributed by atoms with Gasteiger partial charge in [0.1, 0.15) is 0 Å². The molecule has 0 aliphatic carbocycles. The number of piperidine rings is 1. The van der Waals surface area contributed by atoms with Gasteiger partial charge in [0, 0.05) is 24.0 Å². The number of rotatable bonds is 4. The minimum Gasteiger partial charge on any atom is -0.350 e. The molecule has 1 amide bonds. The quantitative estimate of drug-likeness (QED) is 0.865. The summed E-state index contributed by atoms with van der Waals surface area (Å²) in [5, 5.41) is 7.66. The van der Waals surface area contributed by atoms with Crippen LogP contribution in [0.15, 0.2) is 12.1 Å². The van der Waals surface area contributed by atoms with Crippen LogP contribution in [0.4, 0.5) is 0 Å². The van der Waals surface area contributed by atoms with E-state index < -0.39 is 0 Å². The van der Waals surface area contributed by atoms with Crippen molar-refractivity contribution in [1.82, 2.24) is 10.6 Å². The van der Waals surface area contributed by atoms with Gasteiger partial charge in [-0.15, -0.1) is 0 Å². The van der Waals surface area contributed by atoms with E-state index in [0.717, 1.165) is 17.0 Å². The van der Waals surface area contributed by atoms with Crippen LogP contribution >= 0.6 is 11.6 Å². The van der Waals surface area contributed by atoms with Crippen molar-refractivity contribution in [2.24, 2.45) is 0 Å². The molecular weight excluding hydrogens is 308 g/mol. The van der Waals surface area contributed by atoms with E-state index in [2.05, 4.69) is 29.7 Å². The maximum atomic E-state index is 11.6. The average Bonchev–Trinajstić information content (AvgIpc) is 2.85. The van der Waals surface area contributed by atoms with Crippen LogP contribution in [0.2, 0.25) is 5.02 Å². The third kappa shape index (κ3) is 3.56. The largest absolute Gasteiger partial charge is 0.350 e. The zero-order chi connectivity index (χ0) is 16.6. The Morgan fingerprint density at radius 3 is 2.57 bits per heavy atom. The molecule has 0 saturated carbocycles. The summed E-state index contributed by atoms with van der Waals surface area (Å²) in [5.74, 6) is 0.574. The molecular formula is C19H27ClN2O. The minimum absolute atomic E-state index is 0.0285. The highest BCUT2D eigenvalue weighted by Gasteiger charge is 2.35. The zero-order valence-corrected chi connectivity index (χ0v) is 15.0. The first-order chi connectivity index (χ1) is 11.0. The molecule has 0 spiro atoms. The van der Waals surface area contributed by atoms with Gasteiger partial charge in [-0.2, -0.15) is 0 Å². The molecule has 0 radical (unpaired) electrons. The number of nitrogens with one attached hydrogen (secondary N) is 2. The predicted molar refractivity (Wildman–Crippen MR) is 95.0 cm³/mol. The van der Waals surface area contributed by atoms with Crippen molar-refractivity contribution in [2.75, 3.05) is 0 Å². The van der Waals surface area contributed by atoms with Gasteiger partial charge in [-0.25, -0.2) is 0 Å². The van der Waals surface area contributed by atoms with E-state index in [9.17, 15) is 4.79 Å². The first-order valence-electron chi connectivity index (χ1n) is 8.81. The molecule has 1 aromatic rings. The molecule has 2 N–H and O–H groups in total. The average molecular weight is 335 g/mol. The van der Waals surface area contributed by atoms with Gasteiger partial charge in [0.25, 0.3) is 0 Å². The maximum absolute atomic E-state index is 11.6. The number of hydrogen-bond acceptors (Lipinski definition) is 2. The summed E-state index contributed by atoms with van der Waals surface area (Å²) in [7, 11) is 0. The van der Waals surface area contributed by atoms with E-state index in [1.54, 1.807) is 6.92 Å². The smallest absolute Gasteiger partial charge is 0.217 e. The second-order valence-electron chi connectivity index (χ2n) is 7.20. The maximum Gasteiger partial charge on any atom is 0.217 e. The summed E-state index contributed by atoms with van der Waals surface area (Å²) in [5.41, 5.74) is 3.70. The molecule has 1 aromatic carbocycles. The molecule has 3 rings (SSSR count). The van der Waals surface area contributed by atoms with E-state index in [0.29, 0.717) is 18.0 Å². The van der Waals surface area contributed by atoms with Crippen molar-refractivity contribution >= 4 is 17.5 Å². The molecule has 2 bridgehead atoms. The fourth-order valence-electron chi connectivity index (χ4n) is 4.33. The van der Waals surface area contributed by atoms with Crippen molar-refractivity contribution in [3.8, 4) is 0 Å². The molecule has 126 valence electrons. The highest BCUT2D eigenvalue weighted by molar-refractivity contribution is 6.31. The minimum atomic E-state index is 0.0285. The lowest BCUT2D eigenvalue weighted by Crippen LogP contribution is -2.37. The van der Waals surface area contributed by atoms with Crippen molar-refractivity contribution in [2.45, 2.75) is 76.9 Å². The van der Waals surface area contributed by atoms with Crippen LogP contribution in [0.25, 0.3) is 0 Å². The van der Waals surface area contributed by atoms with E-state index in [-0.39, 0.29) is 11.9 Å². The SMILES string of the molecule is CCC(NC(C)=O)c1cc(C)c(Cl)cc1C1CC2CCC(C1)N2. The number of fused-ring (bicyclic) bond motifs is 2. The van der Waals surface area contributed by atoms with Gasteiger partial charge in [-0.05, 0) is 67.7 Å². The number of amides is 1. The first-order valence-corrected chi connectivity index (χ1v) is 9.18. The summed E-state index contributed by atoms with van der Waals surface area (Å²) >= 11 is 6.44. The van der Waals surface area contributed by atoms with Gasteiger partial charge >= 0.3 is 0 Å². The van der Waals surface area contributed by atoms with Gasteiger partial charge in [0.2, 0.25) is 5.91 Å². The first kappa shape index (κ1) is 16.8. The number of carbonyl (C=O) groups excluding carboxylic acids is 1. The van der Waals surface area contributed by atoms with Crippen LogP contribution in [0.5, 0.6) is 0 Å². The van der Waals surface area contributed by atoms with Crippen molar-refractivity contribution in [3.63, 3.8) is 0 Å². The number of hydrogen-bond donors (Lipinski definition) is 2. The fraction of sp³-hybridized carbons (Fsp3) is 0.632.